The zero-order chi connectivity index (χ0) is 31.7. The Kier molecular flexibility index (Phi) is 8.82. The number of sulfonamides is 1. The number of fused-ring (bicyclic) bond motifs is 1. The molecule has 1 saturated heterocycles. The number of nitrogens with zero attached hydrogens (tertiary/aromatic N) is 4. The molecule has 0 amide bonds. The van der Waals surface area contributed by atoms with Crippen molar-refractivity contribution in [2.45, 2.75) is 31.2 Å². The quantitative estimate of drug-likeness (QED) is 0.181. The van der Waals surface area contributed by atoms with E-state index in [-0.39, 0.29) is 22.2 Å². The van der Waals surface area contributed by atoms with E-state index in [0.29, 0.717) is 58.0 Å². The fourth-order valence-corrected chi connectivity index (χ4v) is 7.11. The molecule has 3 aromatic carbocycles. The van der Waals surface area contributed by atoms with Crippen LogP contribution in [0.25, 0.3) is 33.3 Å². The van der Waals surface area contributed by atoms with E-state index >= 15 is 0 Å². The second-order valence-electron chi connectivity index (χ2n) is 11.3. The van der Waals surface area contributed by atoms with Crippen molar-refractivity contribution in [3.8, 4) is 22.4 Å². The number of aromatic amines is 1. The summed E-state index contributed by atoms with van der Waals surface area (Å²) >= 11 is 6.14. The Balaban J connectivity index is 1.00. The molecule has 1 fully saturated rings. The first kappa shape index (κ1) is 31.0. The number of piperidine rings is 1. The molecule has 234 valence electrons. The molecule has 0 atom stereocenters. The Hall–Kier alpha value is -3.97. The fourth-order valence-electron chi connectivity index (χ4n) is 5.81. The van der Waals surface area contributed by atoms with Crippen LogP contribution >= 0.6 is 11.6 Å². The fraction of sp³-hybridized carbons (Fsp3) is 0.281. The number of nitrogens with one attached hydrogen (secondary N) is 2. The highest BCUT2D eigenvalue weighted by Crippen LogP contribution is 2.33. The molecule has 2 N–H and O–H groups in total. The molecule has 0 radical (unpaired) electrons. The third kappa shape index (κ3) is 6.84. The molecule has 1 aliphatic heterocycles. The standard InChI is InChI=1S/C32H31ClF2N6O3S/c1-20(42)32-31(27-16-23(34)5-9-29(27)37-32)30-19-41(39-38-30)18-21-10-13-40(14-11-21)15-12-36-45(43,44)25-6-2-22(3-7-25)26-8-4-24(35)17-28(26)33/h2-9,16-17,19,21,36-37H,10-15,18H2,1H3. The molecule has 9 nitrogen and oxygen atoms in total. The largest absolute Gasteiger partial charge is 0.352 e. The third-order valence-corrected chi connectivity index (χ3v) is 9.98. The lowest BCUT2D eigenvalue weighted by molar-refractivity contribution is 0.101. The second kappa shape index (κ2) is 12.8. The van der Waals surface area contributed by atoms with Crippen molar-refractivity contribution in [1.82, 2.24) is 29.6 Å². The van der Waals surface area contributed by atoms with Crippen molar-refractivity contribution in [3.05, 3.63) is 89.2 Å². The van der Waals surface area contributed by atoms with Gasteiger partial charge in [0.1, 0.15) is 17.3 Å². The van der Waals surface area contributed by atoms with Gasteiger partial charge in [0, 0.05) is 48.6 Å². The number of aromatic nitrogens is 4. The summed E-state index contributed by atoms with van der Waals surface area (Å²) in [6, 6.07) is 14.8. The SMILES string of the molecule is CC(=O)c1[nH]c2ccc(F)cc2c1-c1cn(CC2CCN(CCNS(=O)(=O)c3ccc(-c4ccc(F)cc4Cl)cc3)CC2)nn1. The van der Waals surface area contributed by atoms with Crippen molar-refractivity contribution in [2.24, 2.45) is 5.92 Å². The molecule has 2 aromatic heterocycles. The Labute approximate surface area is 264 Å². The van der Waals surface area contributed by atoms with Gasteiger partial charge in [0.2, 0.25) is 10.0 Å². The van der Waals surface area contributed by atoms with Gasteiger partial charge in [0.25, 0.3) is 0 Å². The maximum Gasteiger partial charge on any atom is 0.240 e. The highest BCUT2D eigenvalue weighted by Gasteiger charge is 2.23. The molecule has 0 saturated carbocycles. The summed E-state index contributed by atoms with van der Waals surface area (Å²) in [6.07, 6.45) is 3.61. The zero-order valence-electron chi connectivity index (χ0n) is 24.4. The summed E-state index contributed by atoms with van der Waals surface area (Å²) in [5.74, 6) is -0.649. The lowest BCUT2D eigenvalue weighted by atomic mass is 9.97. The Morgan fingerprint density at radius 3 is 2.47 bits per heavy atom. The number of benzene rings is 3. The Morgan fingerprint density at radius 2 is 1.76 bits per heavy atom. The van der Waals surface area contributed by atoms with Gasteiger partial charge < -0.3 is 9.88 Å². The third-order valence-electron chi connectivity index (χ3n) is 8.19. The van der Waals surface area contributed by atoms with E-state index < -0.39 is 21.7 Å². The smallest absolute Gasteiger partial charge is 0.240 e. The van der Waals surface area contributed by atoms with E-state index in [1.54, 1.807) is 35.1 Å². The molecular formula is C32H31ClF2N6O3S. The predicted molar refractivity (Wildman–Crippen MR) is 168 cm³/mol. The van der Waals surface area contributed by atoms with E-state index in [2.05, 4.69) is 24.9 Å². The number of hydrogen-bond acceptors (Lipinski definition) is 6. The van der Waals surface area contributed by atoms with E-state index in [1.807, 2.05) is 0 Å². The monoisotopic (exact) mass is 652 g/mol. The zero-order valence-corrected chi connectivity index (χ0v) is 26.0. The van der Waals surface area contributed by atoms with Crippen LogP contribution in [-0.4, -0.2) is 65.3 Å². The van der Waals surface area contributed by atoms with Crippen LogP contribution in [0.4, 0.5) is 8.78 Å². The lowest BCUT2D eigenvalue weighted by Crippen LogP contribution is -2.40. The lowest BCUT2D eigenvalue weighted by Gasteiger charge is -2.31. The van der Waals surface area contributed by atoms with E-state index in [0.717, 1.165) is 25.9 Å². The van der Waals surface area contributed by atoms with Crippen LogP contribution in [0.1, 0.15) is 30.3 Å². The minimum Gasteiger partial charge on any atom is -0.352 e. The minimum atomic E-state index is -3.70. The number of carbonyl (C=O) groups is 1. The number of carbonyl (C=O) groups excluding carboxylic acids is 1. The van der Waals surface area contributed by atoms with Gasteiger partial charge in [-0.3, -0.25) is 9.48 Å². The van der Waals surface area contributed by atoms with Crippen molar-refractivity contribution in [1.29, 1.82) is 0 Å². The van der Waals surface area contributed by atoms with E-state index in [9.17, 15) is 22.0 Å². The summed E-state index contributed by atoms with van der Waals surface area (Å²) in [5, 5.41) is 9.43. The maximum atomic E-state index is 14.0. The summed E-state index contributed by atoms with van der Waals surface area (Å²) in [6.45, 7) is 4.59. The van der Waals surface area contributed by atoms with Crippen LogP contribution in [0.15, 0.2) is 71.8 Å². The molecule has 0 unspecified atom stereocenters. The van der Waals surface area contributed by atoms with Crippen LogP contribution < -0.4 is 4.72 Å². The van der Waals surface area contributed by atoms with Gasteiger partial charge in [-0.05, 0) is 85.9 Å². The van der Waals surface area contributed by atoms with Crippen molar-refractivity contribution in [3.63, 3.8) is 0 Å². The summed E-state index contributed by atoms with van der Waals surface area (Å²) in [4.78, 5) is 17.7. The average molecular weight is 653 g/mol. The Bertz CT molecular complexity index is 1970. The van der Waals surface area contributed by atoms with Gasteiger partial charge in [-0.25, -0.2) is 21.9 Å². The highest BCUT2D eigenvalue weighted by atomic mass is 35.5. The number of H-pyrrole nitrogens is 1. The first-order chi connectivity index (χ1) is 21.6. The molecule has 0 aliphatic carbocycles. The summed E-state index contributed by atoms with van der Waals surface area (Å²) < 4.78 is 57.5. The summed E-state index contributed by atoms with van der Waals surface area (Å²) in [5.41, 5.74) is 3.41. The molecule has 13 heteroatoms. The molecule has 0 spiro atoms. The van der Waals surface area contributed by atoms with Crippen LogP contribution in [0.3, 0.4) is 0 Å². The van der Waals surface area contributed by atoms with Gasteiger partial charge >= 0.3 is 0 Å². The second-order valence-corrected chi connectivity index (χ2v) is 13.5. The predicted octanol–water partition coefficient (Wildman–Crippen LogP) is 5.92. The number of halogens is 3. The van der Waals surface area contributed by atoms with Gasteiger partial charge in [-0.15, -0.1) is 5.10 Å². The first-order valence-corrected chi connectivity index (χ1v) is 16.4. The molecule has 3 heterocycles. The highest BCUT2D eigenvalue weighted by molar-refractivity contribution is 7.89. The number of likely N-dealkylation sites (tertiary alicyclic amines) is 1. The summed E-state index contributed by atoms with van der Waals surface area (Å²) in [7, 11) is -3.70. The molecule has 1 aliphatic rings. The van der Waals surface area contributed by atoms with Gasteiger partial charge in [-0.2, -0.15) is 0 Å². The molecule has 45 heavy (non-hydrogen) atoms. The number of Topliss-reactive ketones (excluding diaryl/α,β-unsaturated/α-hetero) is 1. The van der Waals surface area contributed by atoms with Crippen LogP contribution in [-0.2, 0) is 16.6 Å². The van der Waals surface area contributed by atoms with Crippen LogP contribution in [0, 0.1) is 17.6 Å². The molecule has 5 aromatic rings. The van der Waals surface area contributed by atoms with Crippen LogP contribution in [0.2, 0.25) is 5.02 Å². The van der Waals surface area contributed by atoms with Crippen molar-refractivity contribution in [2.75, 3.05) is 26.2 Å². The van der Waals surface area contributed by atoms with Crippen molar-refractivity contribution < 1.29 is 22.0 Å². The normalized spacial score (nSPS) is 14.8. The van der Waals surface area contributed by atoms with Gasteiger partial charge in [-0.1, -0.05) is 28.9 Å². The van der Waals surface area contributed by atoms with E-state index in [1.165, 1.54) is 43.3 Å². The van der Waals surface area contributed by atoms with Crippen LogP contribution in [0.5, 0.6) is 0 Å². The first-order valence-electron chi connectivity index (χ1n) is 14.6. The average Bonchev–Trinajstić information content (AvgIpc) is 3.62. The van der Waals surface area contributed by atoms with Crippen molar-refractivity contribution >= 4 is 38.3 Å². The topological polar surface area (TPSA) is 113 Å². The minimum absolute atomic E-state index is 0.142. The number of ketones is 1. The molecule has 6 rings (SSSR count). The van der Waals surface area contributed by atoms with E-state index in [4.69, 9.17) is 11.6 Å². The molecular weight excluding hydrogens is 622 g/mol. The Morgan fingerprint density at radius 1 is 1.04 bits per heavy atom. The van der Waals surface area contributed by atoms with Gasteiger partial charge in [0.05, 0.1) is 21.8 Å². The maximum absolute atomic E-state index is 14.0. The van der Waals surface area contributed by atoms with Gasteiger partial charge in [0.15, 0.2) is 5.78 Å². The number of hydrogen-bond donors (Lipinski definition) is 2. The number of rotatable bonds is 10. The molecule has 0 bridgehead atoms.